The lowest BCUT2D eigenvalue weighted by Crippen LogP contribution is -2.27. The summed E-state index contributed by atoms with van der Waals surface area (Å²) in [4.78, 5) is 21.6. The largest absolute Gasteiger partial charge is 0.456 e. The maximum Gasteiger partial charge on any atom is 0.347 e. The quantitative estimate of drug-likeness (QED) is 0.486. The third-order valence-electron chi connectivity index (χ3n) is 1.31. The van der Waals surface area contributed by atoms with Crippen molar-refractivity contribution in [2.24, 2.45) is 0 Å². The Morgan fingerprint density at radius 1 is 1.31 bits per heavy atom. The molecule has 4 nitrogen and oxygen atoms in total. The standard InChI is InChI=1S/C9H14O4/c1-5-6(2)12-9(11)7(3)13-8(4)10/h5-7H,1H2,2-4H3. The van der Waals surface area contributed by atoms with Crippen LogP contribution in [0.2, 0.25) is 0 Å². The van der Waals surface area contributed by atoms with E-state index in [2.05, 4.69) is 11.3 Å². The predicted molar refractivity (Wildman–Crippen MR) is 47.0 cm³/mol. The number of rotatable bonds is 4. The van der Waals surface area contributed by atoms with Crippen LogP contribution in [0.5, 0.6) is 0 Å². The Bertz CT molecular complexity index is 210. The molecular formula is C9H14O4. The number of ether oxygens (including phenoxy) is 2. The van der Waals surface area contributed by atoms with Crippen LogP contribution < -0.4 is 0 Å². The molecule has 74 valence electrons. The Labute approximate surface area is 77.5 Å². The van der Waals surface area contributed by atoms with E-state index >= 15 is 0 Å². The smallest absolute Gasteiger partial charge is 0.347 e. The summed E-state index contributed by atoms with van der Waals surface area (Å²) in [6.45, 7) is 7.82. The summed E-state index contributed by atoms with van der Waals surface area (Å²) in [5, 5.41) is 0. The fraction of sp³-hybridized carbons (Fsp3) is 0.556. The number of hydrogen-bond donors (Lipinski definition) is 0. The third kappa shape index (κ3) is 5.00. The van der Waals surface area contributed by atoms with E-state index in [1.807, 2.05) is 0 Å². The van der Waals surface area contributed by atoms with Crippen molar-refractivity contribution in [1.29, 1.82) is 0 Å². The van der Waals surface area contributed by atoms with Crippen LogP contribution in [-0.2, 0) is 19.1 Å². The molecule has 0 saturated carbocycles. The van der Waals surface area contributed by atoms with E-state index in [4.69, 9.17) is 4.74 Å². The minimum atomic E-state index is -0.861. The van der Waals surface area contributed by atoms with Crippen molar-refractivity contribution < 1.29 is 19.1 Å². The zero-order valence-corrected chi connectivity index (χ0v) is 8.07. The first-order chi connectivity index (χ1) is 5.97. The molecule has 0 aliphatic rings. The molecule has 0 aliphatic heterocycles. The maximum absolute atomic E-state index is 11.1. The van der Waals surface area contributed by atoms with Crippen LogP contribution in [0.1, 0.15) is 20.8 Å². The van der Waals surface area contributed by atoms with Gasteiger partial charge in [-0.25, -0.2) is 4.79 Å². The van der Waals surface area contributed by atoms with Crippen molar-refractivity contribution in [3.05, 3.63) is 12.7 Å². The van der Waals surface area contributed by atoms with Crippen molar-refractivity contribution in [3.8, 4) is 0 Å². The summed E-state index contributed by atoms with van der Waals surface area (Å²) < 4.78 is 9.44. The predicted octanol–water partition coefficient (Wildman–Crippen LogP) is 1.06. The lowest BCUT2D eigenvalue weighted by atomic mass is 10.3. The van der Waals surface area contributed by atoms with Crippen molar-refractivity contribution in [2.45, 2.75) is 33.0 Å². The Morgan fingerprint density at radius 3 is 2.23 bits per heavy atom. The first-order valence-electron chi connectivity index (χ1n) is 3.97. The SMILES string of the molecule is C=CC(C)OC(=O)C(C)OC(C)=O. The zero-order valence-electron chi connectivity index (χ0n) is 8.07. The fourth-order valence-electron chi connectivity index (χ4n) is 0.624. The molecule has 0 aromatic rings. The molecule has 13 heavy (non-hydrogen) atoms. The molecule has 0 bridgehead atoms. The first-order valence-corrected chi connectivity index (χ1v) is 3.97. The molecule has 0 rings (SSSR count). The van der Waals surface area contributed by atoms with Crippen LogP contribution in [0.25, 0.3) is 0 Å². The topological polar surface area (TPSA) is 52.6 Å². The molecular weight excluding hydrogens is 172 g/mol. The van der Waals surface area contributed by atoms with Gasteiger partial charge in [-0.15, -0.1) is 0 Å². The molecule has 0 heterocycles. The molecule has 0 aliphatic carbocycles. The molecule has 0 radical (unpaired) electrons. The summed E-state index contributed by atoms with van der Waals surface area (Å²) in [5.41, 5.74) is 0. The normalized spacial score (nSPS) is 14.1. The van der Waals surface area contributed by atoms with Crippen LogP contribution >= 0.6 is 0 Å². The number of carbonyl (C=O) groups is 2. The highest BCUT2D eigenvalue weighted by molar-refractivity contribution is 5.78. The van der Waals surface area contributed by atoms with E-state index in [-0.39, 0.29) is 6.10 Å². The van der Waals surface area contributed by atoms with Gasteiger partial charge in [0, 0.05) is 6.92 Å². The minimum Gasteiger partial charge on any atom is -0.456 e. The van der Waals surface area contributed by atoms with Gasteiger partial charge < -0.3 is 9.47 Å². The highest BCUT2D eigenvalue weighted by Gasteiger charge is 2.18. The molecule has 0 fully saturated rings. The summed E-state index contributed by atoms with van der Waals surface area (Å²) in [7, 11) is 0. The lowest BCUT2D eigenvalue weighted by Gasteiger charge is -2.13. The van der Waals surface area contributed by atoms with Gasteiger partial charge in [0.05, 0.1) is 0 Å². The highest BCUT2D eigenvalue weighted by Crippen LogP contribution is 1.99. The van der Waals surface area contributed by atoms with Gasteiger partial charge in [-0.1, -0.05) is 12.7 Å². The van der Waals surface area contributed by atoms with Gasteiger partial charge in [-0.3, -0.25) is 4.79 Å². The monoisotopic (exact) mass is 186 g/mol. The maximum atomic E-state index is 11.1. The van der Waals surface area contributed by atoms with Crippen molar-refractivity contribution in [3.63, 3.8) is 0 Å². The Hall–Kier alpha value is -1.32. The number of esters is 2. The van der Waals surface area contributed by atoms with E-state index < -0.39 is 18.0 Å². The van der Waals surface area contributed by atoms with E-state index in [0.717, 1.165) is 0 Å². The van der Waals surface area contributed by atoms with Crippen LogP contribution in [-0.4, -0.2) is 24.1 Å². The van der Waals surface area contributed by atoms with Crippen molar-refractivity contribution >= 4 is 11.9 Å². The van der Waals surface area contributed by atoms with Crippen molar-refractivity contribution in [2.75, 3.05) is 0 Å². The van der Waals surface area contributed by atoms with Crippen LogP contribution in [0.3, 0.4) is 0 Å². The molecule has 2 atom stereocenters. The van der Waals surface area contributed by atoms with E-state index in [1.165, 1.54) is 19.9 Å². The highest BCUT2D eigenvalue weighted by atomic mass is 16.6. The van der Waals surface area contributed by atoms with Gasteiger partial charge in [0.1, 0.15) is 6.10 Å². The average molecular weight is 186 g/mol. The molecule has 0 N–H and O–H groups in total. The Morgan fingerprint density at radius 2 is 1.85 bits per heavy atom. The molecule has 0 aromatic carbocycles. The van der Waals surface area contributed by atoms with Crippen LogP contribution in [0, 0.1) is 0 Å². The molecule has 2 unspecified atom stereocenters. The van der Waals surface area contributed by atoms with Gasteiger partial charge in [-0.2, -0.15) is 0 Å². The van der Waals surface area contributed by atoms with Gasteiger partial charge >= 0.3 is 11.9 Å². The zero-order chi connectivity index (χ0) is 10.4. The Kier molecular flexibility index (Phi) is 4.80. The minimum absolute atomic E-state index is 0.370. The number of carbonyl (C=O) groups excluding carboxylic acids is 2. The lowest BCUT2D eigenvalue weighted by molar-refractivity contribution is -0.167. The summed E-state index contributed by atoms with van der Waals surface area (Å²) in [6.07, 6.45) is 0.253. The summed E-state index contributed by atoms with van der Waals surface area (Å²) in [5.74, 6) is -1.07. The summed E-state index contributed by atoms with van der Waals surface area (Å²) >= 11 is 0. The molecule has 0 amide bonds. The van der Waals surface area contributed by atoms with Gasteiger partial charge in [0.2, 0.25) is 0 Å². The average Bonchev–Trinajstić information content (AvgIpc) is 2.02. The van der Waals surface area contributed by atoms with Crippen LogP contribution in [0.15, 0.2) is 12.7 Å². The van der Waals surface area contributed by atoms with Gasteiger partial charge in [0.25, 0.3) is 0 Å². The van der Waals surface area contributed by atoms with Crippen LogP contribution in [0.4, 0.5) is 0 Å². The molecule has 0 aromatic heterocycles. The Balaban J connectivity index is 3.95. The molecule has 4 heteroatoms. The molecule has 0 saturated heterocycles. The third-order valence-corrected chi connectivity index (χ3v) is 1.31. The second kappa shape index (κ2) is 5.35. The second-order valence-corrected chi connectivity index (χ2v) is 2.63. The molecule has 0 spiro atoms. The van der Waals surface area contributed by atoms with Gasteiger partial charge in [0.15, 0.2) is 6.10 Å². The van der Waals surface area contributed by atoms with Crippen molar-refractivity contribution in [1.82, 2.24) is 0 Å². The first kappa shape index (κ1) is 11.7. The van der Waals surface area contributed by atoms with Gasteiger partial charge in [-0.05, 0) is 13.8 Å². The van der Waals surface area contributed by atoms with E-state index in [1.54, 1.807) is 6.92 Å². The van der Waals surface area contributed by atoms with E-state index in [9.17, 15) is 9.59 Å². The fourth-order valence-corrected chi connectivity index (χ4v) is 0.624. The van der Waals surface area contributed by atoms with E-state index in [0.29, 0.717) is 0 Å². The summed E-state index contributed by atoms with van der Waals surface area (Å²) in [6, 6.07) is 0. The second-order valence-electron chi connectivity index (χ2n) is 2.63. The number of hydrogen-bond acceptors (Lipinski definition) is 4.